The Morgan fingerprint density at radius 2 is 1.62 bits per heavy atom. The van der Waals surface area contributed by atoms with E-state index in [2.05, 4.69) is 10.6 Å². The zero-order chi connectivity index (χ0) is 16.0. The van der Waals surface area contributed by atoms with Crippen molar-refractivity contribution in [2.45, 2.75) is 44.7 Å². The zero-order valence-corrected chi connectivity index (χ0v) is 14.1. The molecule has 2 amide bonds. The average Bonchev–Trinajstić information content (AvgIpc) is 2.44. The van der Waals surface area contributed by atoms with Gasteiger partial charge in [-0.1, -0.05) is 26.0 Å². The van der Waals surface area contributed by atoms with Crippen LogP contribution in [0.4, 0.5) is 0 Å². The van der Waals surface area contributed by atoms with E-state index in [1.165, 1.54) is 11.8 Å². The fourth-order valence-electron chi connectivity index (χ4n) is 2.03. The molecule has 0 radical (unpaired) electrons. The van der Waals surface area contributed by atoms with Crippen LogP contribution in [0.5, 0.6) is 0 Å². The maximum atomic E-state index is 12.3. The summed E-state index contributed by atoms with van der Waals surface area (Å²) in [5.74, 6) is -0.303. The van der Waals surface area contributed by atoms with E-state index in [-0.39, 0.29) is 23.8 Å². The number of rotatable bonds is 6. The first kappa shape index (κ1) is 17.6. The van der Waals surface area contributed by atoms with E-state index in [1.54, 1.807) is 11.8 Å². The number of benzene rings is 1. The lowest BCUT2D eigenvalue weighted by molar-refractivity contribution is -0.129. The van der Waals surface area contributed by atoms with Crippen molar-refractivity contribution in [2.75, 3.05) is 6.26 Å². The van der Waals surface area contributed by atoms with Crippen molar-refractivity contribution < 1.29 is 9.59 Å². The SMILES string of the molecule is CSc1ccc(C(C)NC(=O)C(NC(C)=O)C(C)C)cc1. The molecular weight excluding hydrogens is 284 g/mol. The van der Waals surface area contributed by atoms with Gasteiger partial charge in [0.15, 0.2) is 0 Å². The van der Waals surface area contributed by atoms with Gasteiger partial charge in [0.2, 0.25) is 11.8 Å². The quantitative estimate of drug-likeness (QED) is 0.795. The third-order valence-electron chi connectivity index (χ3n) is 3.28. The highest BCUT2D eigenvalue weighted by molar-refractivity contribution is 7.98. The summed E-state index contributed by atoms with van der Waals surface area (Å²) in [5, 5.41) is 5.66. The topological polar surface area (TPSA) is 58.2 Å². The lowest BCUT2D eigenvalue weighted by atomic mass is 10.0. The molecule has 0 heterocycles. The molecule has 116 valence electrons. The minimum atomic E-state index is -0.504. The summed E-state index contributed by atoms with van der Waals surface area (Å²) in [7, 11) is 0. The van der Waals surface area contributed by atoms with Crippen molar-refractivity contribution in [3.05, 3.63) is 29.8 Å². The van der Waals surface area contributed by atoms with E-state index < -0.39 is 6.04 Å². The van der Waals surface area contributed by atoms with Gasteiger partial charge >= 0.3 is 0 Å². The summed E-state index contributed by atoms with van der Waals surface area (Å²) >= 11 is 1.68. The van der Waals surface area contributed by atoms with Crippen LogP contribution in [-0.2, 0) is 9.59 Å². The first-order chi connectivity index (χ1) is 9.85. The van der Waals surface area contributed by atoms with Crippen LogP contribution in [0.25, 0.3) is 0 Å². The van der Waals surface area contributed by atoms with Crippen molar-refractivity contribution in [2.24, 2.45) is 5.92 Å². The van der Waals surface area contributed by atoms with Gasteiger partial charge in [-0.15, -0.1) is 11.8 Å². The zero-order valence-electron chi connectivity index (χ0n) is 13.3. The van der Waals surface area contributed by atoms with Gasteiger partial charge in [-0.25, -0.2) is 0 Å². The predicted molar refractivity (Wildman–Crippen MR) is 87.2 cm³/mol. The Bertz CT molecular complexity index is 486. The largest absolute Gasteiger partial charge is 0.348 e. The summed E-state index contributed by atoms with van der Waals surface area (Å²) in [4.78, 5) is 24.7. The van der Waals surface area contributed by atoms with Gasteiger partial charge in [0.25, 0.3) is 0 Å². The summed E-state index contributed by atoms with van der Waals surface area (Å²) in [5.41, 5.74) is 1.05. The number of amides is 2. The van der Waals surface area contributed by atoms with Crippen molar-refractivity contribution >= 4 is 23.6 Å². The van der Waals surface area contributed by atoms with E-state index in [0.717, 1.165) is 5.56 Å². The fourth-order valence-corrected chi connectivity index (χ4v) is 2.44. The van der Waals surface area contributed by atoms with Gasteiger partial charge < -0.3 is 10.6 Å². The van der Waals surface area contributed by atoms with Gasteiger partial charge in [0, 0.05) is 11.8 Å². The molecular formula is C16H24N2O2S. The summed E-state index contributed by atoms with van der Waals surface area (Å²) < 4.78 is 0. The second-order valence-corrected chi connectivity index (χ2v) is 6.31. The third kappa shape index (κ3) is 5.42. The van der Waals surface area contributed by atoms with Crippen LogP contribution in [0.3, 0.4) is 0 Å². The number of carbonyl (C=O) groups excluding carboxylic acids is 2. The highest BCUT2D eigenvalue weighted by Crippen LogP contribution is 2.19. The second-order valence-electron chi connectivity index (χ2n) is 5.43. The maximum Gasteiger partial charge on any atom is 0.243 e. The van der Waals surface area contributed by atoms with Crippen LogP contribution in [0.15, 0.2) is 29.2 Å². The van der Waals surface area contributed by atoms with Gasteiger partial charge in [0.05, 0.1) is 6.04 Å². The molecule has 5 heteroatoms. The molecule has 2 N–H and O–H groups in total. The Labute approximate surface area is 131 Å². The van der Waals surface area contributed by atoms with Gasteiger partial charge in [-0.2, -0.15) is 0 Å². The van der Waals surface area contributed by atoms with Crippen molar-refractivity contribution in [3.63, 3.8) is 0 Å². The molecule has 0 aliphatic carbocycles. The third-order valence-corrected chi connectivity index (χ3v) is 4.03. The molecule has 0 fully saturated rings. The molecule has 1 rings (SSSR count). The molecule has 2 atom stereocenters. The van der Waals surface area contributed by atoms with Crippen molar-refractivity contribution in [3.8, 4) is 0 Å². The number of carbonyl (C=O) groups is 2. The van der Waals surface area contributed by atoms with Crippen LogP contribution >= 0.6 is 11.8 Å². The number of hydrogen-bond acceptors (Lipinski definition) is 3. The molecule has 1 aromatic rings. The molecule has 0 aliphatic rings. The van der Waals surface area contributed by atoms with Crippen LogP contribution in [-0.4, -0.2) is 24.1 Å². The molecule has 21 heavy (non-hydrogen) atoms. The molecule has 0 spiro atoms. The van der Waals surface area contributed by atoms with Crippen molar-refractivity contribution in [1.82, 2.24) is 10.6 Å². The summed E-state index contributed by atoms with van der Waals surface area (Å²) in [6, 6.07) is 7.50. The van der Waals surface area contributed by atoms with E-state index >= 15 is 0 Å². The average molecular weight is 308 g/mol. The normalized spacial score (nSPS) is 13.6. The molecule has 1 aromatic carbocycles. The lowest BCUT2D eigenvalue weighted by Crippen LogP contribution is -2.49. The van der Waals surface area contributed by atoms with Crippen LogP contribution in [0.1, 0.15) is 39.3 Å². The highest BCUT2D eigenvalue weighted by Gasteiger charge is 2.24. The molecule has 4 nitrogen and oxygen atoms in total. The second kappa shape index (κ2) is 8.08. The Morgan fingerprint density at radius 1 is 1.05 bits per heavy atom. The fraction of sp³-hybridized carbons (Fsp3) is 0.500. The van der Waals surface area contributed by atoms with E-state index in [9.17, 15) is 9.59 Å². The molecule has 0 saturated carbocycles. The number of nitrogens with one attached hydrogen (secondary N) is 2. The van der Waals surface area contributed by atoms with Gasteiger partial charge in [-0.05, 0) is 36.8 Å². The number of hydrogen-bond donors (Lipinski definition) is 2. The monoisotopic (exact) mass is 308 g/mol. The lowest BCUT2D eigenvalue weighted by Gasteiger charge is -2.23. The Balaban J connectivity index is 2.72. The summed E-state index contributed by atoms with van der Waals surface area (Å²) in [6.07, 6.45) is 2.03. The molecule has 0 aliphatic heterocycles. The first-order valence-corrected chi connectivity index (χ1v) is 8.29. The maximum absolute atomic E-state index is 12.3. The minimum absolute atomic E-state index is 0.0416. The number of thioether (sulfide) groups is 1. The minimum Gasteiger partial charge on any atom is -0.348 e. The van der Waals surface area contributed by atoms with E-state index in [4.69, 9.17) is 0 Å². The van der Waals surface area contributed by atoms with E-state index in [1.807, 2.05) is 51.3 Å². The molecule has 2 unspecified atom stereocenters. The van der Waals surface area contributed by atoms with Gasteiger partial charge in [0.1, 0.15) is 6.04 Å². The van der Waals surface area contributed by atoms with Gasteiger partial charge in [-0.3, -0.25) is 9.59 Å². The smallest absolute Gasteiger partial charge is 0.243 e. The Morgan fingerprint density at radius 3 is 2.05 bits per heavy atom. The predicted octanol–water partition coefficient (Wildman–Crippen LogP) is 2.75. The standard InChI is InChI=1S/C16H24N2O2S/c1-10(2)15(18-12(4)19)16(20)17-11(3)13-6-8-14(21-5)9-7-13/h6-11,15H,1-5H3,(H,17,20)(H,18,19). The van der Waals surface area contributed by atoms with Crippen molar-refractivity contribution in [1.29, 1.82) is 0 Å². The Kier molecular flexibility index (Phi) is 6.75. The van der Waals surface area contributed by atoms with Crippen LogP contribution in [0, 0.1) is 5.92 Å². The van der Waals surface area contributed by atoms with Crippen LogP contribution in [0.2, 0.25) is 0 Å². The molecule has 0 saturated heterocycles. The van der Waals surface area contributed by atoms with E-state index in [0.29, 0.717) is 0 Å². The summed E-state index contributed by atoms with van der Waals surface area (Å²) in [6.45, 7) is 7.20. The highest BCUT2D eigenvalue weighted by atomic mass is 32.2. The van der Waals surface area contributed by atoms with Crippen LogP contribution < -0.4 is 10.6 Å². The molecule has 0 bridgehead atoms. The first-order valence-electron chi connectivity index (χ1n) is 7.06. The Hall–Kier alpha value is -1.49. The molecule has 0 aromatic heterocycles.